The monoisotopic (exact) mass is 467 g/mol. The lowest BCUT2D eigenvalue weighted by Gasteiger charge is -2.33. The topological polar surface area (TPSA) is 69.7 Å². The maximum Gasteiger partial charge on any atom is 0.243 e. The van der Waals surface area contributed by atoms with Crippen molar-refractivity contribution in [3.63, 3.8) is 0 Å². The Bertz CT molecular complexity index is 1070. The highest BCUT2D eigenvalue weighted by atomic mass is 35.5. The first kappa shape index (κ1) is 21.6. The molecule has 0 spiro atoms. The van der Waals surface area contributed by atoms with E-state index in [4.69, 9.17) is 23.2 Å². The zero-order valence-electron chi connectivity index (χ0n) is 16.4. The minimum atomic E-state index is -3.52. The van der Waals surface area contributed by atoms with Gasteiger partial charge in [-0.2, -0.15) is 4.31 Å². The smallest absolute Gasteiger partial charge is 0.243 e. The summed E-state index contributed by atoms with van der Waals surface area (Å²) in [5.74, 6) is -0.200. The normalized spacial score (nSPS) is 17.7. The van der Waals surface area contributed by atoms with E-state index < -0.39 is 10.0 Å². The van der Waals surface area contributed by atoms with Crippen molar-refractivity contribution in [1.82, 2.24) is 9.21 Å². The van der Waals surface area contributed by atoms with Crippen LogP contribution < -0.4 is 5.32 Å². The number of nitrogens with zero attached hydrogens (tertiary/aromatic N) is 2. The molecule has 0 bridgehead atoms. The van der Waals surface area contributed by atoms with E-state index in [9.17, 15) is 13.2 Å². The van der Waals surface area contributed by atoms with Crippen molar-refractivity contribution in [3.8, 4) is 0 Å². The highest BCUT2D eigenvalue weighted by Crippen LogP contribution is 2.27. The van der Waals surface area contributed by atoms with Crippen LogP contribution in [0.5, 0.6) is 0 Å². The number of carbonyl (C=O) groups excluding carboxylic acids is 1. The third-order valence-electron chi connectivity index (χ3n) is 5.61. The number of benzene rings is 2. The molecule has 4 rings (SSSR count). The van der Waals surface area contributed by atoms with Gasteiger partial charge in [0.05, 0.1) is 22.2 Å². The summed E-state index contributed by atoms with van der Waals surface area (Å²) in [6.07, 6.45) is 3.05. The zero-order valence-corrected chi connectivity index (χ0v) is 18.7. The molecule has 2 aromatic carbocycles. The number of rotatable bonds is 5. The van der Waals surface area contributed by atoms with Crippen LogP contribution in [-0.2, 0) is 27.7 Å². The highest BCUT2D eigenvalue weighted by molar-refractivity contribution is 7.89. The van der Waals surface area contributed by atoms with E-state index in [1.165, 1.54) is 9.87 Å². The summed E-state index contributed by atoms with van der Waals surface area (Å²) >= 11 is 12.0. The van der Waals surface area contributed by atoms with Crippen LogP contribution in [0.1, 0.15) is 17.5 Å². The number of hydrogen-bond donors (Lipinski definition) is 1. The van der Waals surface area contributed by atoms with Gasteiger partial charge in [-0.3, -0.25) is 9.69 Å². The van der Waals surface area contributed by atoms with E-state index in [2.05, 4.69) is 5.32 Å². The van der Waals surface area contributed by atoms with Gasteiger partial charge in [-0.25, -0.2) is 8.42 Å². The molecule has 1 saturated heterocycles. The summed E-state index contributed by atoms with van der Waals surface area (Å²) in [6.45, 7) is 1.87. The predicted molar refractivity (Wildman–Crippen MR) is 119 cm³/mol. The van der Waals surface area contributed by atoms with Crippen LogP contribution in [0.4, 0.5) is 5.69 Å². The second-order valence-corrected chi connectivity index (χ2v) is 10.4. The van der Waals surface area contributed by atoms with Crippen LogP contribution in [0.25, 0.3) is 0 Å². The molecule has 1 aliphatic heterocycles. The van der Waals surface area contributed by atoms with Crippen LogP contribution >= 0.6 is 23.2 Å². The third kappa shape index (κ3) is 4.65. The van der Waals surface area contributed by atoms with Gasteiger partial charge in [0.1, 0.15) is 0 Å². The van der Waals surface area contributed by atoms with E-state index in [0.717, 1.165) is 24.8 Å². The molecule has 0 aromatic heterocycles. The standard InChI is InChI=1S/C21H23Cl2N3O3S/c22-17-5-7-20(19(23)13-17)24-21(27)14-25-8-10-26(11-9-25)30(28,29)18-6-4-15-2-1-3-16(15)12-18/h4-7,12-13H,1-3,8-11,14H2,(H,24,27). The van der Waals surface area contributed by atoms with Crippen LogP contribution in [0.2, 0.25) is 10.0 Å². The molecule has 9 heteroatoms. The first-order valence-corrected chi connectivity index (χ1v) is 12.1. The Morgan fingerprint density at radius 1 is 0.967 bits per heavy atom. The van der Waals surface area contributed by atoms with Gasteiger partial charge in [0.2, 0.25) is 15.9 Å². The molecule has 1 fully saturated rings. The summed E-state index contributed by atoms with van der Waals surface area (Å²) < 4.78 is 27.6. The molecule has 0 radical (unpaired) electrons. The van der Waals surface area contributed by atoms with Crippen molar-refractivity contribution >= 4 is 44.8 Å². The number of halogens is 2. The fourth-order valence-corrected chi connectivity index (χ4v) is 5.90. The summed E-state index contributed by atoms with van der Waals surface area (Å²) in [5.41, 5.74) is 2.90. The quantitative estimate of drug-likeness (QED) is 0.730. The number of piperazine rings is 1. The molecule has 1 N–H and O–H groups in total. The van der Waals surface area contributed by atoms with Gasteiger partial charge in [0, 0.05) is 31.2 Å². The molecule has 1 amide bonds. The second kappa shape index (κ2) is 8.85. The van der Waals surface area contributed by atoms with Gasteiger partial charge in [-0.15, -0.1) is 0 Å². The summed E-state index contributed by atoms with van der Waals surface area (Å²) in [5, 5.41) is 3.65. The summed E-state index contributed by atoms with van der Waals surface area (Å²) in [4.78, 5) is 14.7. The van der Waals surface area contributed by atoms with Crippen LogP contribution in [-0.4, -0.2) is 56.3 Å². The van der Waals surface area contributed by atoms with Gasteiger partial charge >= 0.3 is 0 Å². The molecule has 2 aliphatic rings. The molecule has 2 aromatic rings. The van der Waals surface area contributed by atoms with Gasteiger partial charge in [-0.05, 0) is 60.7 Å². The number of sulfonamides is 1. The van der Waals surface area contributed by atoms with Gasteiger partial charge < -0.3 is 5.32 Å². The van der Waals surface area contributed by atoms with Crippen molar-refractivity contribution in [2.75, 3.05) is 38.0 Å². The van der Waals surface area contributed by atoms with Crippen molar-refractivity contribution in [2.45, 2.75) is 24.2 Å². The fraction of sp³-hybridized carbons (Fsp3) is 0.381. The Kier molecular flexibility index (Phi) is 6.36. The van der Waals surface area contributed by atoms with Crippen LogP contribution in [0.15, 0.2) is 41.3 Å². The molecule has 0 saturated carbocycles. The van der Waals surface area contributed by atoms with Crippen molar-refractivity contribution < 1.29 is 13.2 Å². The lowest BCUT2D eigenvalue weighted by molar-refractivity contribution is -0.117. The number of aryl methyl sites for hydroxylation is 2. The molecular weight excluding hydrogens is 445 g/mol. The van der Waals surface area contributed by atoms with Crippen molar-refractivity contribution in [2.24, 2.45) is 0 Å². The molecule has 160 valence electrons. The first-order chi connectivity index (χ1) is 14.3. The van der Waals surface area contributed by atoms with E-state index in [1.54, 1.807) is 24.3 Å². The minimum Gasteiger partial charge on any atom is -0.324 e. The Hall–Kier alpha value is -1.64. The number of amides is 1. The fourth-order valence-electron chi connectivity index (χ4n) is 3.97. The minimum absolute atomic E-state index is 0.172. The van der Waals surface area contributed by atoms with Crippen LogP contribution in [0.3, 0.4) is 0 Å². The second-order valence-electron chi connectivity index (χ2n) is 7.64. The lowest BCUT2D eigenvalue weighted by atomic mass is 10.1. The number of anilines is 1. The van der Waals surface area contributed by atoms with Gasteiger partial charge in [0.25, 0.3) is 0 Å². The maximum absolute atomic E-state index is 13.0. The number of fused-ring (bicyclic) bond motifs is 1. The summed E-state index contributed by atoms with van der Waals surface area (Å²) in [6, 6.07) is 10.4. The number of nitrogens with one attached hydrogen (secondary N) is 1. The number of carbonyl (C=O) groups is 1. The Balaban J connectivity index is 1.33. The van der Waals surface area contributed by atoms with Crippen molar-refractivity contribution in [3.05, 3.63) is 57.6 Å². The predicted octanol–water partition coefficient (Wildman–Crippen LogP) is 3.43. The van der Waals surface area contributed by atoms with E-state index in [0.29, 0.717) is 46.8 Å². The van der Waals surface area contributed by atoms with Gasteiger partial charge in [0.15, 0.2) is 0 Å². The SMILES string of the molecule is O=C(CN1CCN(S(=O)(=O)c2ccc3c(c2)CCC3)CC1)Nc1ccc(Cl)cc1Cl. The van der Waals surface area contributed by atoms with Gasteiger partial charge in [-0.1, -0.05) is 29.3 Å². The Labute approximate surface area is 186 Å². The Morgan fingerprint density at radius 2 is 1.70 bits per heavy atom. The molecular formula is C21H23Cl2N3O3S. The molecule has 6 nitrogen and oxygen atoms in total. The first-order valence-electron chi connectivity index (χ1n) is 9.92. The lowest BCUT2D eigenvalue weighted by Crippen LogP contribution is -2.50. The Morgan fingerprint density at radius 3 is 2.43 bits per heavy atom. The highest BCUT2D eigenvalue weighted by Gasteiger charge is 2.30. The average Bonchev–Trinajstić information content (AvgIpc) is 3.18. The average molecular weight is 468 g/mol. The number of hydrogen-bond acceptors (Lipinski definition) is 4. The molecule has 0 unspecified atom stereocenters. The molecule has 1 heterocycles. The van der Waals surface area contributed by atoms with E-state index in [-0.39, 0.29) is 12.5 Å². The molecule has 30 heavy (non-hydrogen) atoms. The summed E-state index contributed by atoms with van der Waals surface area (Å²) in [7, 11) is -3.52. The van der Waals surface area contributed by atoms with Crippen LogP contribution in [0, 0.1) is 0 Å². The molecule has 0 atom stereocenters. The largest absolute Gasteiger partial charge is 0.324 e. The third-order valence-corrected chi connectivity index (χ3v) is 8.05. The van der Waals surface area contributed by atoms with E-state index in [1.807, 2.05) is 17.0 Å². The van der Waals surface area contributed by atoms with Crippen molar-refractivity contribution in [1.29, 1.82) is 0 Å². The van der Waals surface area contributed by atoms with E-state index >= 15 is 0 Å². The maximum atomic E-state index is 13.0. The zero-order chi connectivity index (χ0) is 21.3. The molecule has 1 aliphatic carbocycles.